The fourth-order valence-electron chi connectivity index (χ4n) is 1.82. The van der Waals surface area contributed by atoms with Crippen molar-refractivity contribution < 1.29 is 14.7 Å². The van der Waals surface area contributed by atoms with Gasteiger partial charge in [-0.3, -0.25) is 14.4 Å². The molecule has 0 unspecified atom stereocenters. The van der Waals surface area contributed by atoms with Crippen LogP contribution < -0.4 is 16.7 Å². The standard InChI is InChI=1S/C14H13Cl2N5O4S/c15-7-2-1-3-8(16)12(7)18-10(22)6-26-14-20-19-9(4-5-11(23)24)13(25)21(14)17/h1-3H,4-6,17H2,(H,18,22)(H,23,24). The van der Waals surface area contributed by atoms with E-state index in [0.717, 1.165) is 16.4 Å². The highest BCUT2D eigenvalue weighted by molar-refractivity contribution is 7.99. The third-order valence-corrected chi connectivity index (χ3v) is 4.64. The molecule has 0 aliphatic heterocycles. The van der Waals surface area contributed by atoms with Gasteiger partial charge in [0, 0.05) is 6.42 Å². The number of carbonyl (C=O) groups excluding carboxylic acids is 1. The van der Waals surface area contributed by atoms with Crippen LogP contribution in [0.4, 0.5) is 5.69 Å². The van der Waals surface area contributed by atoms with E-state index in [-0.39, 0.29) is 45.2 Å². The summed E-state index contributed by atoms with van der Waals surface area (Å²) in [5, 5.41) is 19.2. The second kappa shape index (κ2) is 8.88. The summed E-state index contributed by atoms with van der Waals surface area (Å²) in [7, 11) is 0. The van der Waals surface area contributed by atoms with Crippen molar-refractivity contribution in [2.24, 2.45) is 0 Å². The van der Waals surface area contributed by atoms with E-state index < -0.39 is 17.4 Å². The van der Waals surface area contributed by atoms with Gasteiger partial charge in [-0.1, -0.05) is 41.0 Å². The lowest BCUT2D eigenvalue weighted by Gasteiger charge is -2.10. The van der Waals surface area contributed by atoms with Gasteiger partial charge >= 0.3 is 5.97 Å². The van der Waals surface area contributed by atoms with Gasteiger partial charge < -0.3 is 16.3 Å². The Morgan fingerprint density at radius 3 is 2.54 bits per heavy atom. The maximum absolute atomic E-state index is 12.0. The number of carboxylic acid groups (broad SMARTS) is 1. The number of thioether (sulfide) groups is 1. The first-order valence-electron chi connectivity index (χ1n) is 7.11. The summed E-state index contributed by atoms with van der Waals surface area (Å²) in [5.41, 5.74) is -0.452. The van der Waals surface area contributed by atoms with Crippen molar-refractivity contribution in [2.45, 2.75) is 18.0 Å². The predicted molar refractivity (Wildman–Crippen MR) is 98.2 cm³/mol. The van der Waals surface area contributed by atoms with Crippen molar-refractivity contribution in [2.75, 3.05) is 16.9 Å². The molecule has 4 N–H and O–H groups in total. The molecule has 1 heterocycles. The quantitative estimate of drug-likeness (QED) is 0.453. The first-order valence-corrected chi connectivity index (χ1v) is 8.86. The van der Waals surface area contributed by atoms with E-state index in [2.05, 4.69) is 15.5 Å². The number of anilines is 1. The van der Waals surface area contributed by atoms with E-state index in [0.29, 0.717) is 0 Å². The number of aryl methyl sites for hydroxylation is 1. The third-order valence-electron chi connectivity index (χ3n) is 3.06. The SMILES string of the molecule is Nn1c(SCC(=O)Nc2c(Cl)cccc2Cl)nnc(CCC(=O)O)c1=O. The zero-order chi connectivity index (χ0) is 19.3. The number of nitrogens with two attached hydrogens (primary N) is 1. The Bertz CT molecular complexity index is 885. The van der Waals surface area contributed by atoms with E-state index in [1.165, 1.54) is 0 Å². The highest BCUT2D eigenvalue weighted by Gasteiger charge is 2.15. The lowest BCUT2D eigenvalue weighted by atomic mass is 10.2. The molecule has 12 heteroatoms. The molecule has 0 radical (unpaired) electrons. The Morgan fingerprint density at radius 2 is 1.92 bits per heavy atom. The van der Waals surface area contributed by atoms with Gasteiger partial charge in [0.05, 0.1) is 27.9 Å². The van der Waals surface area contributed by atoms with Gasteiger partial charge in [0.1, 0.15) is 5.69 Å². The number of aliphatic carboxylic acids is 1. The van der Waals surface area contributed by atoms with Crippen LogP contribution >= 0.6 is 35.0 Å². The van der Waals surface area contributed by atoms with E-state index in [1.807, 2.05) is 0 Å². The largest absolute Gasteiger partial charge is 0.481 e. The number of carboxylic acids is 1. The van der Waals surface area contributed by atoms with Crippen LogP contribution in [0.3, 0.4) is 0 Å². The van der Waals surface area contributed by atoms with Crippen molar-refractivity contribution >= 4 is 52.5 Å². The first-order chi connectivity index (χ1) is 12.3. The minimum atomic E-state index is -1.07. The summed E-state index contributed by atoms with van der Waals surface area (Å²) in [5.74, 6) is 4.01. The topological polar surface area (TPSA) is 140 Å². The Kier molecular flexibility index (Phi) is 6.83. The molecule has 0 atom stereocenters. The van der Waals surface area contributed by atoms with Gasteiger partial charge in [-0.15, -0.1) is 10.2 Å². The van der Waals surface area contributed by atoms with E-state index >= 15 is 0 Å². The number of nitrogens with zero attached hydrogens (tertiary/aromatic N) is 3. The van der Waals surface area contributed by atoms with Crippen molar-refractivity contribution in [3.8, 4) is 0 Å². The van der Waals surface area contributed by atoms with Crippen LogP contribution in [0.1, 0.15) is 12.1 Å². The van der Waals surface area contributed by atoms with Crippen molar-refractivity contribution in [3.05, 3.63) is 44.3 Å². The molecule has 138 valence electrons. The zero-order valence-electron chi connectivity index (χ0n) is 13.1. The van der Waals surface area contributed by atoms with Crippen molar-refractivity contribution in [3.63, 3.8) is 0 Å². The van der Waals surface area contributed by atoms with Crippen LogP contribution in [0, 0.1) is 0 Å². The molecule has 0 fully saturated rings. The number of hydrogen-bond donors (Lipinski definition) is 3. The number of aromatic nitrogens is 3. The smallest absolute Gasteiger partial charge is 0.303 e. The Balaban J connectivity index is 2.03. The average Bonchev–Trinajstić information content (AvgIpc) is 2.58. The van der Waals surface area contributed by atoms with Crippen LogP contribution in [-0.4, -0.2) is 37.6 Å². The Morgan fingerprint density at radius 1 is 1.27 bits per heavy atom. The number of nitrogens with one attached hydrogen (secondary N) is 1. The molecule has 1 amide bonds. The fraction of sp³-hybridized carbons (Fsp3) is 0.214. The lowest BCUT2D eigenvalue weighted by Crippen LogP contribution is -2.34. The normalized spacial score (nSPS) is 10.5. The van der Waals surface area contributed by atoms with E-state index in [9.17, 15) is 14.4 Å². The van der Waals surface area contributed by atoms with Crippen LogP contribution in [-0.2, 0) is 16.0 Å². The van der Waals surface area contributed by atoms with Gasteiger partial charge in [-0.05, 0) is 12.1 Å². The average molecular weight is 418 g/mol. The number of benzene rings is 1. The summed E-state index contributed by atoms with van der Waals surface area (Å²) < 4.78 is 0.727. The summed E-state index contributed by atoms with van der Waals surface area (Å²) in [6.45, 7) is 0. The zero-order valence-corrected chi connectivity index (χ0v) is 15.4. The summed E-state index contributed by atoms with van der Waals surface area (Å²) in [6, 6.07) is 4.80. The number of nitrogen functional groups attached to an aromatic ring is 1. The predicted octanol–water partition coefficient (Wildman–Crippen LogP) is 1.41. The molecule has 0 aliphatic rings. The first kappa shape index (κ1) is 20.0. The van der Waals surface area contributed by atoms with Crippen molar-refractivity contribution in [1.29, 1.82) is 0 Å². The second-order valence-electron chi connectivity index (χ2n) is 4.93. The highest BCUT2D eigenvalue weighted by Crippen LogP contribution is 2.30. The third kappa shape index (κ3) is 5.10. The molecule has 9 nitrogen and oxygen atoms in total. The molecular weight excluding hydrogens is 405 g/mol. The molecule has 1 aromatic heterocycles. The number of amides is 1. The van der Waals surface area contributed by atoms with Gasteiger partial charge in [0.15, 0.2) is 0 Å². The van der Waals surface area contributed by atoms with Gasteiger partial charge in [-0.2, -0.15) is 4.68 Å². The van der Waals surface area contributed by atoms with Gasteiger partial charge in [0.2, 0.25) is 11.1 Å². The number of hydrogen-bond acceptors (Lipinski definition) is 7. The number of carbonyl (C=O) groups is 2. The molecule has 0 saturated carbocycles. The molecule has 0 saturated heterocycles. The maximum Gasteiger partial charge on any atom is 0.303 e. The van der Waals surface area contributed by atoms with Gasteiger partial charge in [-0.25, -0.2) is 0 Å². The second-order valence-corrected chi connectivity index (χ2v) is 6.69. The summed E-state index contributed by atoms with van der Waals surface area (Å²) in [6.07, 6.45) is -0.355. The van der Waals surface area contributed by atoms with Crippen molar-refractivity contribution in [1.82, 2.24) is 14.9 Å². The molecular formula is C14H13Cl2N5O4S. The monoisotopic (exact) mass is 417 g/mol. The Labute approximate surface area is 161 Å². The minimum absolute atomic E-state index is 0.00878. The van der Waals surface area contributed by atoms with E-state index in [4.69, 9.17) is 34.2 Å². The van der Waals surface area contributed by atoms with Crippen LogP contribution in [0.25, 0.3) is 0 Å². The molecule has 0 bridgehead atoms. The van der Waals surface area contributed by atoms with Crippen LogP contribution in [0.15, 0.2) is 28.2 Å². The number of halogens is 2. The lowest BCUT2D eigenvalue weighted by molar-refractivity contribution is -0.137. The fourth-order valence-corrected chi connectivity index (χ4v) is 2.97. The Hall–Kier alpha value is -2.30. The summed E-state index contributed by atoms with van der Waals surface area (Å²) in [4.78, 5) is 34.6. The van der Waals surface area contributed by atoms with Crippen LogP contribution in [0.5, 0.6) is 0 Å². The van der Waals surface area contributed by atoms with E-state index in [1.54, 1.807) is 18.2 Å². The molecule has 1 aromatic carbocycles. The summed E-state index contributed by atoms with van der Waals surface area (Å²) >= 11 is 12.8. The number of rotatable bonds is 7. The number of para-hydroxylation sites is 1. The maximum atomic E-state index is 12.0. The minimum Gasteiger partial charge on any atom is -0.481 e. The van der Waals surface area contributed by atoms with Crippen LogP contribution in [0.2, 0.25) is 10.0 Å². The molecule has 2 rings (SSSR count). The molecule has 0 spiro atoms. The van der Waals surface area contributed by atoms with Gasteiger partial charge in [0.25, 0.3) is 5.56 Å². The molecule has 2 aromatic rings. The highest BCUT2D eigenvalue weighted by atomic mass is 35.5. The molecule has 26 heavy (non-hydrogen) atoms. The molecule has 0 aliphatic carbocycles.